The standard InChI is InChI=1S/C22H26N4O3/c1-14(18-5-3-2-4-6-18)23-21(27)20-19(26(28)29)13-25(24-20)22-10-15-7-16(11-22)9-17(8-15)12-22/h2-6,13-17H,7-12H2,1H3,(H,23,27). The van der Waals surface area contributed by atoms with E-state index in [1.165, 1.54) is 25.5 Å². The minimum atomic E-state index is -0.489. The Morgan fingerprint density at radius 2 is 1.76 bits per heavy atom. The predicted molar refractivity (Wildman–Crippen MR) is 107 cm³/mol. The smallest absolute Gasteiger partial charge is 0.320 e. The van der Waals surface area contributed by atoms with Gasteiger partial charge in [-0.3, -0.25) is 19.6 Å². The number of rotatable bonds is 5. The zero-order valence-corrected chi connectivity index (χ0v) is 16.6. The van der Waals surface area contributed by atoms with Crippen LogP contribution in [0.2, 0.25) is 0 Å². The number of aromatic nitrogens is 2. The molecule has 7 heteroatoms. The van der Waals surface area contributed by atoms with Gasteiger partial charge in [0.1, 0.15) is 6.20 Å². The van der Waals surface area contributed by atoms with Crippen molar-refractivity contribution in [1.29, 1.82) is 0 Å². The Balaban J connectivity index is 1.44. The molecule has 6 rings (SSSR count). The molecule has 29 heavy (non-hydrogen) atoms. The van der Waals surface area contributed by atoms with E-state index in [0.29, 0.717) is 17.8 Å². The minimum Gasteiger partial charge on any atom is -0.344 e. The van der Waals surface area contributed by atoms with E-state index in [2.05, 4.69) is 10.4 Å². The van der Waals surface area contributed by atoms with E-state index >= 15 is 0 Å². The molecule has 4 fully saturated rings. The minimum absolute atomic E-state index is 0.0754. The normalized spacial score (nSPS) is 30.9. The fourth-order valence-corrected chi connectivity index (χ4v) is 6.34. The van der Waals surface area contributed by atoms with Crippen molar-refractivity contribution >= 4 is 11.6 Å². The van der Waals surface area contributed by atoms with E-state index in [9.17, 15) is 14.9 Å². The Bertz CT molecular complexity index is 917. The molecule has 152 valence electrons. The molecule has 7 nitrogen and oxygen atoms in total. The molecular formula is C22H26N4O3. The molecule has 0 spiro atoms. The van der Waals surface area contributed by atoms with Gasteiger partial charge in [0.05, 0.1) is 16.5 Å². The summed E-state index contributed by atoms with van der Waals surface area (Å²) in [6.07, 6.45) is 8.44. The monoisotopic (exact) mass is 394 g/mol. The third kappa shape index (κ3) is 3.12. The van der Waals surface area contributed by atoms with Crippen molar-refractivity contribution in [1.82, 2.24) is 15.1 Å². The van der Waals surface area contributed by atoms with Crippen molar-refractivity contribution in [3.05, 3.63) is 57.9 Å². The van der Waals surface area contributed by atoms with Crippen LogP contribution in [0.4, 0.5) is 5.69 Å². The van der Waals surface area contributed by atoms with Crippen LogP contribution in [0.1, 0.15) is 67.5 Å². The number of hydrogen-bond acceptors (Lipinski definition) is 4. The lowest BCUT2D eigenvalue weighted by Gasteiger charge is -2.56. The molecule has 1 aromatic heterocycles. The third-order valence-corrected chi connectivity index (χ3v) is 7.25. The first-order valence-electron chi connectivity index (χ1n) is 10.5. The van der Waals surface area contributed by atoms with Crippen molar-refractivity contribution in [3.8, 4) is 0 Å². The molecule has 0 saturated heterocycles. The fraction of sp³-hybridized carbons (Fsp3) is 0.545. The summed E-state index contributed by atoms with van der Waals surface area (Å²) >= 11 is 0. The Labute approximate surface area is 169 Å². The Morgan fingerprint density at radius 3 is 2.31 bits per heavy atom. The zero-order chi connectivity index (χ0) is 20.2. The maximum atomic E-state index is 12.9. The van der Waals surface area contributed by atoms with Gasteiger partial charge >= 0.3 is 5.69 Å². The quantitative estimate of drug-likeness (QED) is 0.608. The second-order valence-corrected chi connectivity index (χ2v) is 9.31. The number of carbonyl (C=O) groups is 1. The van der Waals surface area contributed by atoms with E-state index in [1.807, 2.05) is 37.3 Å². The second kappa shape index (κ2) is 6.68. The summed E-state index contributed by atoms with van der Waals surface area (Å²) in [5, 5.41) is 19.1. The van der Waals surface area contributed by atoms with Crippen molar-refractivity contribution in [3.63, 3.8) is 0 Å². The highest BCUT2D eigenvalue weighted by Crippen LogP contribution is 2.58. The van der Waals surface area contributed by atoms with Gasteiger partial charge in [0, 0.05) is 0 Å². The summed E-state index contributed by atoms with van der Waals surface area (Å²) in [4.78, 5) is 24.1. The van der Waals surface area contributed by atoms with Crippen LogP contribution in [0.25, 0.3) is 0 Å². The molecule has 4 aliphatic carbocycles. The van der Waals surface area contributed by atoms with Crippen LogP contribution < -0.4 is 5.32 Å². The van der Waals surface area contributed by atoms with Gasteiger partial charge in [-0.15, -0.1) is 0 Å². The molecule has 1 atom stereocenters. The molecule has 1 N–H and O–H groups in total. The first-order chi connectivity index (χ1) is 13.9. The van der Waals surface area contributed by atoms with Crippen molar-refractivity contribution in [2.24, 2.45) is 17.8 Å². The summed E-state index contributed by atoms with van der Waals surface area (Å²) in [7, 11) is 0. The number of amides is 1. The summed E-state index contributed by atoms with van der Waals surface area (Å²) in [6.45, 7) is 1.87. The summed E-state index contributed by atoms with van der Waals surface area (Å²) in [5.74, 6) is 1.59. The van der Waals surface area contributed by atoms with Crippen LogP contribution in [-0.4, -0.2) is 20.6 Å². The van der Waals surface area contributed by atoms with Gasteiger partial charge in [0.2, 0.25) is 5.69 Å². The van der Waals surface area contributed by atoms with Crippen LogP contribution in [0.15, 0.2) is 36.5 Å². The highest BCUT2D eigenvalue weighted by molar-refractivity contribution is 5.96. The van der Waals surface area contributed by atoms with Crippen LogP contribution in [0, 0.1) is 27.9 Å². The van der Waals surface area contributed by atoms with Crippen molar-refractivity contribution in [2.45, 2.75) is 57.0 Å². The van der Waals surface area contributed by atoms with E-state index in [4.69, 9.17) is 0 Å². The number of nitrogens with zero attached hydrogens (tertiary/aromatic N) is 3. The molecule has 0 aliphatic heterocycles. The Kier molecular flexibility index (Phi) is 4.22. The SMILES string of the molecule is CC(NC(=O)c1nn(C23CC4CC(CC(C4)C2)C3)cc1[N+](=O)[O-])c1ccccc1. The largest absolute Gasteiger partial charge is 0.344 e. The molecular weight excluding hydrogens is 368 g/mol. The van der Waals surface area contributed by atoms with Crippen molar-refractivity contribution in [2.75, 3.05) is 0 Å². The molecule has 2 aromatic rings. The van der Waals surface area contributed by atoms with Gasteiger partial charge in [0.25, 0.3) is 5.91 Å². The molecule has 0 radical (unpaired) electrons. The van der Waals surface area contributed by atoms with Crippen LogP contribution in [0.3, 0.4) is 0 Å². The average Bonchev–Trinajstić information content (AvgIpc) is 3.14. The van der Waals surface area contributed by atoms with Gasteiger partial charge in [-0.1, -0.05) is 30.3 Å². The third-order valence-electron chi connectivity index (χ3n) is 7.25. The topological polar surface area (TPSA) is 90.1 Å². The highest BCUT2D eigenvalue weighted by atomic mass is 16.6. The van der Waals surface area contributed by atoms with Crippen LogP contribution in [0.5, 0.6) is 0 Å². The van der Waals surface area contributed by atoms with E-state index in [-0.39, 0.29) is 23.0 Å². The van der Waals surface area contributed by atoms with E-state index in [0.717, 1.165) is 24.8 Å². The number of carbonyl (C=O) groups excluding carboxylic acids is 1. The van der Waals surface area contributed by atoms with Gasteiger partial charge in [0.15, 0.2) is 0 Å². The fourth-order valence-electron chi connectivity index (χ4n) is 6.34. The predicted octanol–water partition coefficient (Wildman–Crippen LogP) is 4.21. The number of hydrogen-bond donors (Lipinski definition) is 1. The molecule has 4 saturated carbocycles. The number of nitro groups is 1. The summed E-state index contributed by atoms with van der Waals surface area (Å²) in [6, 6.07) is 9.31. The van der Waals surface area contributed by atoms with Crippen molar-refractivity contribution < 1.29 is 9.72 Å². The lowest BCUT2D eigenvalue weighted by Crippen LogP contribution is -2.52. The summed E-state index contributed by atoms with van der Waals surface area (Å²) < 4.78 is 1.79. The van der Waals surface area contributed by atoms with Gasteiger partial charge in [-0.25, -0.2) is 0 Å². The van der Waals surface area contributed by atoms with Crippen LogP contribution in [-0.2, 0) is 5.54 Å². The Hall–Kier alpha value is -2.70. The van der Waals surface area contributed by atoms with Gasteiger partial charge < -0.3 is 5.32 Å². The molecule has 1 amide bonds. The van der Waals surface area contributed by atoms with Gasteiger partial charge in [-0.05, 0) is 68.8 Å². The first-order valence-corrected chi connectivity index (χ1v) is 10.5. The number of nitrogens with one attached hydrogen (secondary N) is 1. The van der Waals surface area contributed by atoms with E-state index in [1.54, 1.807) is 4.68 Å². The molecule has 4 bridgehead atoms. The maximum Gasteiger partial charge on any atom is 0.320 e. The average molecular weight is 394 g/mol. The summed E-state index contributed by atoms with van der Waals surface area (Å²) in [5.41, 5.74) is 0.527. The molecule has 1 aromatic carbocycles. The Morgan fingerprint density at radius 1 is 1.17 bits per heavy atom. The highest BCUT2D eigenvalue weighted by Gasteiger charge is 2.53. The maximum absolute atomic E-state index is 12.9. The first kappa shape index (κ1) is 18.3. The second-order valence-electron chi connectivity index (χ2n) is 9.31. The lowest BCUT2D eigenvalue weighted by molar-refractivity contribution is -0.385. The zero-order valence-electron chi connectivity index (χ0n) is 16.6. The molecule has 1 unspecified atom stereocenters. The van der Waals surface area contributed by atoms with Crippen LogP contribution >= 0.6 is 0 Å². The van der Waals surface area contributed by atoms with E-state index < -0.39 is 10.8 Å². The molecule has 4 aliphatic rings. The van der Waals surface area contributed by atoms with Gasteiger partial charge in [-0.2, -0.15) is 5.10 Å². The number of benzene rings is 1. The lowest BCUT2D eigenvalue weighted by atomic mass is 9.53. The molecule has 1 heterocycles.